The number of esters is 2. The standard InChI is InChI=1S/C28H34N2O6/c1-16-11-21-23(15-36-28(21)34)18(3)26(16)25(32)13-30-8-4-7-29(9-10-30)12-24(31)19-5-6-20-22(17(19)2)14-35-27(20)33/h5-6,11,24-25,31-32H,4,7-10,12-15H2,1-3H3. The number of hydrogen-bond donors (Lipinski definition) is 2. The van der Waals surface area contributed by atoms with Crippen LogP contribution in [0.3, 0.4) is 0 Å². The number of hydrogen-bond acceptors (Lipinski definition) is 8. The Morgan fingerprint density at radius 1 is 0.806 bits per heavy atom. The molecule has 8 heteroatoms. The minimum atomic E-state index is -0.651. The number of aliphatic hydroxyl groups is 2. The molecule has 2 unspecified atom stereocenters. The highest BCUT2D eigenvalue weighted by molar-refractivity contribution is 5.94. The number of rotatable bonds is 6. The van der Waals surface area contributed by atoms with Crippen LogP contribution in [-0.2, 0) is 22.7 Å². The number of cyclic esters (lactones) is 2. The number of nitrogens with zero attached hydrogens (tertiary/aromatic N) is 2. The molecule has 0 bridgehead atoms. The molecular formula is C28H34N2O6. The monoisotopic (exact) mass is 494 g/mol. The second-order valence-electron chi connectivity index (χ2n) is 10.2. The minimum Gasteiger partial charge on any atom is -0.457 e. The summed E-state index contributed by atoms with van der Waals surface area (Å²) in [6.45, 7) is 10.7. The Bertz CT molecular complexity index is 1210. The third-order valence-electron chi connectivity index (χ3n) is 7.98. The summed E-state index contributed by atoms with van der Waals surface area (Å²) < 4.78 is 10.3. The molecule has 2 aromatic carbocycles. The summed E-state index contributed by atoms with van der Waals surface area (Å²) in [4.78, 5) is 28.3. The van der Waals surface area contributed by atoms with Gasteiger partial charge in [0.15, 0.2) is 0 Å². The average Bonchev–Trinajstić information content (AvgIpc) is 3.32. The van der Waals surface area contributed by atoms with Crippen LogP contribution in [0.15, 0.2) is 18.2 Å². The minimum absolute atomic E-state index is 0.272. The van der Waals surface area contributed by atoms with E-state index in [1.165, 1.54) is 0 Å². The highest BCUT2D eigenvalue weighted by atomic mass is 16.5. The molecule has 0 aliphatic carbocycles. The SMILES string of the molecule is Cc1cc2c(c(C)c1C(O)CN1CCCN(CC(O)c3ccc4c(c3C)COC4=O)CC1)COC2=O. The summed E-state index contributed by atoms with van der Waals surface area (Å²) in [5, 5.41) is 22.2. The molecule has 2 aromatic rings. The highest BCUT2D eigenvalue weighted by Gasteiger charge is 2.29. The molecular weight excluding hydrogens is 460 g/mol. The molecule has 3 aliphatic heterocycles. The van der Waals surface area contributed by atoms with Crippen molar-refractivity contribution in [3.05, 3.63) is 68.3 Å². The van der Waals surface area contributed by atoms with Crippen LogP contribution in [0.2, 0.25) is 0 Å². The van der Waals surface area contributed by atoms with Gasteiger partial charge in [-0.15, -0.1) is 0 Å². The van der Waals surface area contributed by atoms with Gasteiger partial charge in [0.25, 0.3) is 0 Å². The van der Waals surface area contributed by atoms with Crippen molar-refractivity contribution in [2.24, 2.45) is 0 Å². The first-order valence-corrected chi connectivity index (χ1v) is 12.6. The van der Waals surface area contributed by atoms with Crippen LogP contribution in [-0.4, -0.2) is 71.2 Å². The fourth-order valence-electron chi connectivity index (χ4n) is 5.93. The summed E-state index contributed by atoms with van der Waals surface area (Å²) in [5.74, 6) is -0.583. The topological polar surface area (TPSA) is 99.5 Å². The lowest BCUT2D eigenvalue weighted by Gasteiger charge is -2.27. The van der Waals surface area contributed by atoms with Crippen molar-refractivity contribution in [2.45, 2.75) is 52.6 Å². The molecule has 8 nitrogen and oxygen atoms in total. The number of benzene rings is 2. The lowest BCUT2D eigenvalue weighted by Crippen LogP contribution is -2.35. The van der Waals surface area contributed by atoms with Crippen LogP contribution in [0.1, 0.15) is 78.3 Å². The van der Waals surface area contributed by atoms with E-state index in [0.29, 0.717) is 24.2 Å². The zero-order valence-corrected chi connectivity index (χ0v) is 21.2. The van der Waals surface area contributed by atoms with E-state index in [9.17, 15) is 19.8 Å². The molecule has 1 saturated heterocycles. The smallest absolute Gasteiger partial charge is 0.338 e. The van der Waals surface area contributed by atoms with E-state index in [1.807, 2.05) is 32.9 Å². The maximum absolute atomic E-state index is 12.0. The Morgan fingerprint density at radius 2 is 1.39 bits per heavy atom. The Labute approximate surface area is 211 Å². The van der Waals surface area contributed by atoms with Crippen molar-refractivity contribution < 1.29 is 29.3 Å². The first-order valence-electron chi connectivity index (χ1n) is 12.6. The van der Waals surface area contributed by atoms with Crippen molar-refractivity contribution in [3.63, 3.8) is 0 Å². The maximum Gasteiger partial charge on any atom is 0.338 e. The van der Waals surface area contributed by atoms with E-state index in [0.717, 1.165) is 71.5 Å². The molecule has 0 radical (unpaired) electrons. The zero-order valence-electron chi connectivity index (χ0n) is 21.2. The molecule has 3 aliphatic rings. The number of ether oxygens (including phenoxy) is 2. The fraction of sp³-hybridized carbons (Fsp3) is 0.500. The van der Waals surface area contributed by atoms with Crippen molar-refractivity contribution >= 4 is 11.9 Å². The van der Waals surface area contributed by atoms with Gasteiger partial charge >= 0.3 is 11.9 Å². The maximum atomic E-state index is 12.0. The fourth-order valence-corrected chi connectivity index (χ4v) is 5.93. The second-order valence-corrected chi connectivity index (χ2v) is 10.2. The van der Waals surface area contributed by atoms with Crippen molar-refractivity contribution in [3.8, 4) is 0 Å². The van der Waals surface area contributed by atoms with Crippen LogP contribution in [0.4, 0.5) is 0 Å². The number of β-amino-alcohol motifs (C(OH)–C–C–N with tert-alkyl or cyclic N) is 2. The van der Waals surface area contributed by atoms with Gasteiger partial charge in [0.05, 0.1) is 23.3 Å². The lowest BCUT2D eigenvalue weighted by atomic mass is 9.91. The zero-order chi connectivity index (χ0) is 25.6. The first kappa shape index (κ1) is 24.9. The van der Waals surface area contributed by atoms with Gasteiger partial charge in [-0.2, -0.15) is 0 Å². The predicted molar refractivity (Wildman–Crippen MR) is 133 cm³/mol. The van der Waals surface area contributed by atoms with Crippen LogP contribution in [0.5, 0.6) is 0 Å². The van der Waals surface area contributed by atoms with Crippen LogP contribution < -0.4 is 0 Å². The molecule has 36 heavy (non-hydrogen) atoms. The number of aliphatic hydroxyl groups excluding tert-OH is 2. The first-order chi connectivity index (χ1) is 17.2. The van der Waals surface area contributed by atoms with Crippen LogP contribution in [0.25, 0.3) is 0 Å². The molecule has 3 heterocycles. The van der Waals surface area contributed by atoms with Gasteiger partial charge in [0, 0.05) is 37.3 Å². The predicted octanol–water partition coefficient (Wildman–Crippen LogP) is 2.73. The van der Waals surface area contributed by atoms with Crippen molar-refractivity contribution in [2.75, 3.05) is 39.3 Å². The van der Waals surface area contributed by atoms with Crippen molar-refractivity contribution in [1.82, 2.24) is 9.80 Å². The Balaban J connectivity index is 1.21. The molecule has 2 atom stereocenters. The number of fused-ring (bicyclic) bond motifs is 2. The van der Waals surface area contributed by atoms with Gasteiger partial charge in [-0.1, -0.05) is 6.07 Å². The number of carbonyl (C=O) groups is 2. The molecule has 5 rings (SSSR count). The molecule has 1 fully saturated rings. The molecule has 192 valence electrons. The second kappa shape index (κ2) is 9.94. The van der Waals surface area contributed by atoms with E-state index in [-0.39, 0.29) is 25.2 Å². The normalized spacial score (nSPS) is 19.9. The van der Waals surface area contributed by atoms with Gasteiger partial charge < -0.3 is 19.7 Å². The Morgan fingerprint density at radius 3 is 2.06 bits per heavy atom. The van der Waals surface area contributed by atoms with E-state index >= 15 is 0 Å². The van der Waals surface area contributed by atoms with Crippen LogP contribution >= 0.6 is 0 Å². The quantitative estimate of drug-likeness (QED) is 0.592. The summed E-state index contributed by atoms with van der Waals surface area (Å²) in [7, 11) is 0. The summed E-state index contributed by atoms with van der Waals surface area (Å²) >= 11 is 0. The van der Waals surface area contributed by atoms with Gasteiger partial charge in [-0.05, 0) is 80.2 Å². The van der Waals surface area contributed by atoms with E-state index in [2.05, 4.69) is 9.80 Å². The van der Waals surface area contributed by atoms with Gasteiger partial charge in [-0.3, -0.25) is 9.80 Å². The number of carbonyl (C=O) groups excluding carboxylic acids is 2. The molecule has 0 saturated carbocycles. The van der Waals surface area contributed by atoms with Gasteiger partial charge in [-0.25, -0.2) is 9.59 Å². The number of aryl methyl sites for hydroxylation is 1. The summed E-state index contributed by atoms with van der Waals surface area (Å²) in [5.41, 5.74) is 7.48. The van der Waals surface area contributed by atoms with Crippen LogP contribution in [0, 0.1) is 20.8 Å². The van der Waals surface area contributed by atoms with E-state index < -0.39 is 12.2 Å². The van der Waals surface area contributed by atoms with Gasteiger partial charge in [0.1, 0.15) is 13.2 Å². The summed E-state index contributed by atoms with van der Waals surface area (Å²) in [6, 6.07) is 5.43. The van der Waals surface area contributed by atoms with E-state index in [4.69, 9.17) is 9.47 Å². The molecule has 0 spiro atoms. The highest BCUT2D eigenvalue weighted by Crippen LogP contribution is 2.33. The molecule has 0 aromatic heterocycles. The average molecular weight is 495 g/mol. The van der Waals surface area contributed by atoms with E-state index in [1.54, 1.807) is 6.07 Å². The van der Waals surface area contributed by atoms with Gasteiger partial charge in [0.2, 0.25) is 0 Å². The molecule has 2 N–H and O–H groups in total. The molecule has 0 amide bonds. The largest absolute Gasteiger partial charge is 0.457 e. The lowest BCUT2D eigenvalue weighted by molar-refractivity contribution is 0.0525. The third-order valence-corrected chi connectivity index (χ3v) is 7.98. The Hall–Kier alpha value is -2.78. The Kier molecular flexibility index (Phi) is 6.87. The summed E-state index contributed by atoms with van der Waals surface area (Å²) in [6.07, 6.45) is -0.359. The van der Waals surface area contributed by atoms with Crippen molar-refractivity contribution in [1.29, 1.82) is 0 Å². The third kappa shape index (κ3) is 4.54.